The number of aliphatic imine (C=N–C) groups is 1. The number of hydrogen-bond acceptors (Lipinski definition) is 3. The van der Waals surface area contributed by atoms with Crippen molar-refractivity contribution in [3.63, 3.8) is 0 Å². The van der Waals surface area contributed by atoms with Gasteiger partial charge in [0.05, 0.1) is 19.2 Å². The van der Waals surface area contributed by atoms with Gasteiger partial charge < -0.3 is 20.7 Å². The Kier molecular flexibility index (Phi) is 7.85. The molecule has 1 heterocycles. The number of nitrogens with zero attached hydrogens (tertiary/aromatic N) is 2. The monoisotopic (exact) mass is 484 g/mol. The largest absolute Gasteiger partial charge is 0.493 e. The van der Waals surface area contributed by atoms with Crippen molar-refractivity contribution in [2.75, 3.05) is 20.7 Å². The lowest BCUT2D eigenvalue weighted by Crippen LogP contribution is -2.37. The van der Waals surface area contributed by atoms with Crippen molar-refractivity contribution in [1.82, 2.24) is 10.2 Å². The number of halogens is 2. The Labute approximate surface area is 176 Å². The minimum absolute atomic E-state index is 0. The summed E-state index contributed by atoms with van der Waals surface area (Å²) in [5.74, 6) is 1.07. The maximum absolute atomic E-state index is 13.9. The fourth-order valence-electron chi connectivity index (χ4n) is 3.08. The molecular weight excluding hydrogens is 458 g/mol. The van der Waals surface area contributed by atoms with Gasteiger partial charge in [-0.1, -0.05) is 24.3 Å². The van der Waals surface area contributed by atoms with E-state index in [0.717, 1.165) is 23.3 Å². The van der Waals surface area contributed by atoms with Crippen molar-refractivity contribution in [3.8, 4) is 5.75 Å². The van der Waals surface area contributed by atoms with Crippen LogP contribution in [0.15, 0.2) is 47.5 Å². The number of guanidine groups is 1. The Hall–Kier alpha value is -1.87. The lowest BCUT2D eigenvalue weighted by Gasteiger charge is -2.26. The highest BCUT2D eigenvalue weighted by molar-refractivity contribution is 14.0. The topological polar surface area (TPSA) is 62.9 Å². The highest BCUT2D eigenvalue weighted by Gasteiger charge is 2.21. The average molecular weight is 484 g/mol. The van der Waals surface area contributed by atoms with Crippen LogP contribution in [0.2, 0.25) is 0 Å². The van der Waals surface area contributed by atoms with E-state index in [-0.39, 0.29) is 35.8 Å². The summed E-state index contributed by atoms with van der Waals surface area (Å²) in [6.45, 7) is 1.61. The molecule has 0 aromatic heterocycles. The van der Waals surface area contributed by atoms with Crippen LogP contribution in [0.1, 0.15) is 29.2 Å². The van der Waals surface area contributed by atoms with E-state index in [9.17, 15) is 4.39 Å². The molecule has 0 bridgehead atoms. The van der Waals surface area contributed by atoms with E-state index in [1.165, 1.54) is 6.07 Å². The minimum atomic E-state index is -0.198. The van der Waals surface area contributed by atoms with Gasteiger partial charge in [-0.25, -0.2) is 9.38 Å². The molecule has 3 N–H and O–H groups in total. The normalized spacial score (nSPS) is 16.3. The lowest BCUT2D eigenvalue weighted by molar-refractivity contribution is 0.262. The van der Waals surface area contributed by atoms with Gasteiger partial charge in [-0.15, -0.1) is 24.0 Å². The van der Waals surface area contributed by atoms with Crippen LogP contribution < -0.4 is 15.8 Å². The van der Waals surface area contributed by atoms with E-state index in [4.69, 9.17) is 10.5 Å². The first-order valence-electron chi connectivity index (χ1n) is 8.73. The molecule has 3 rings (SSSR count). The summed E-state index contributed by atoms with van der Waals surface area (Å²) in [4.78, 5) is 6.35. The molecule has 1 unspecified atom stereocenters. The zero-order valence-corrected chi connectivity index (χ0v) is 17.9. The van der Waals surface area contributed by atoms with Gasteiger partial charge >= 0.3 is 0 Å². The number of benzene rings is 2. The van der Waals surface area contributed by atoms with Gasteiger partial charge in [-0.2, -0.15) is 0 Å². The quantitative estimate of drug-likeness (QED) is 0.388. The minimum Gasteiger partial charge on any atom is -0.493 e. The van der Waals surface area contributed by atoms with E-state index in [1.54, 1.807) is 6.07 Å². The summed E-state index contributed by atoms with van der Waals surface area (Å²) >= 11 is 0. The summed E-state index contributed by atoms with van der Waals surface area (Å²) in [7, 11) is 3.83. The number of para-hydroxylation sites is 1. The number of fused-ring (bicyclic) bond motifs is 1. The van der Waals surface area contributed by atoms with Crippen LogP contribution in [-0.4, -0.2) is 31.6 Å². The van der Waals surface area contributed by atoms with Crippen molar-refractivity contribution in [1.29, 1.82) is 0 Å². The Morgan fingerprint density at radius 3 is 2.85 bits per heavy atom. The molecule has 5 nitrogen and oxygen atoms in total. The third kappa shape index (κ3) is 5.80. The van der Waals surface area contributed by atoms with Gasteiger partial charge in [0, 0.05) is 24.1 Å². The average Bonchev–Trinajstić information content (AvgIpc) is 2.62. The zero-order chi connectivity index (χ0) is 18.5. The summed E-state index contributed by atoms with van der Waals surface area (Å²) in [5.41, 5.74) is 8.75. The highest BCUT2D eigenvalue weighted by Crippen LogP contribution is 2.31. The summed E-state index contributed by atoms with van der Waals surface area (Å²) in [6.07, 6.45) is 0.830. The molecule has 0 saturated carbocycles. The van der Waals surface area contributed by atoms with Gasteiger partial charge in [-0.05, 0) is 37.9 Å². The van der Waals surface area contributed by atoms with Crippen LogP contribution >= 0.6 is 24.0 Å². The first-order valence-corrected chi connectivity index (χ1v) is 8.73. The van der Waals surface area contributed by atoms with E-state index < -0.39 is 0 Å². The van der Waals surface area contributed by atoms with Gasteiger partial charge in [0.25, 0.3) is 0 Å². The molecule has 2 aromatic rings. The van der Waals surface area contributed by atoms with Crippen LogP contribution in [0.5, 0.6) is 5.75 Å². The van der Waals surface area contributed by atoms with Crippen LogP contribution in [0.3, 0.4) is 0 Å². The first kappa shape index (κ1) is 21.4. The Bertz CT molecular complexity index is 797. The molecule has 0 saturated heterocycles. The van der Waals surface area contributed by atoms with Gasteiger partial charge in [0.1, 0.15) is 11.6 Å². The number of nitrogens with one attached hydrogen (secondary N) is 1. The molecule has 0 radical (unpaired) electrons. The molecule has 0 aliphatic carbocycles. The van der Waals surface area contributed by atoms with E-state index >= 15 is 0 Å². The molecule has 27 heavy (non-hydrogen) atoms. The Morgan fingerprint density at radius 1 is 1.30 bits per heavy atom. The number of nitrogens with two attached hydrogens (primary N) is 1. The molecule has 1 atom stereocenters. The second-order valence-corrected chi connectivity index (χ2v) is 6.74. The highest BCUT2D eigenvalue weighted by atomic mass is 127. The smallest absolute Gasteiger partial charge is 0.189 e. The third-order valence-corrected chi connectivity index (χ3v) is 4.31. The van der Waals surface area contributed by atoms with Crippen molar-refractivity contribution in [2.45, 2.75) is 25.6 Å². The van der Waals surface area contributed by atoms with E-state index in [0.29, 0.717) is 31.2 Å². The standard InChI is InChI=1S/C20H25FN4O.HI/c1-25(2)13-15-11-14(7-8-17(15)21)12-23-20(22)24-18-9-10-26-19-6-4-3-5-16(18)19;/h3-8,11,18H,9-10,12-13H2,1-2H3,(H3,22,23,24);1H. The number of rotatable bonds is 5. The van der Waals surface area contributed by atoms with Crippen LogP contribution in [0.25, 0.3) is 0 Å². The number of ether oxygens (including phenoxy) is 1. The van der Waals surface area contributed by atoms with Crippen molar-refractivity contribution < 1.29 is 9.13 Å². The molecule has 0 spiro atoms. The lowest BCUT2D eigenvalue weighted by atomic mass is 10.0. The fourth-order valence-corrected chi connectivity index (χ4v) is 3.08. The predicted molar refractivity (Wildman–Crippen MR) is 117 cm³/mol. The Balaban J connectivity index is 0.00000261. The second-order valence-electron chi connectivity index (χ2n) is 6.74. The second kappa shape index (κ2) is 9.89. The van der Waals surface area contributed by atoms with Gasteiger partial charge in [-0.3, -0.25) is 0 Å². The Morgan fingerprint density at radius 2 is 2.07 bits per heavy atom. The molecule has 0 fully saturated rings. The molecule has 1 aliphatic heterocycles. The summed E-state index contributed by atoms with van der Waals surface area (Å²) in [5, 5.41) is 3.27. The van der Waals surface area contributed by atoms with Crippen LogP contribution in [-0.2, 0) is 13.1 Å². The first-order chi connectivity index (χ1) is 12.5. The van der Waals surface area contributed by atoms with Crippen molar-refractivity contribution in [2.24, 2.45) is 10.7 Å². The maximum Gasteiger partial charge on any atom is 0.189 e. The van der Waals surface area contributed by atoms with Crippen molar-refractivity contribution in [3.05, 3.63) is 65.0 Å². The molecule has 2 aromatic carbocycles. The molecule has 1 aliphatic rings. The SMILES string of the molecule is CN(C)Cc1cc(CN=C(N)NC2CCOc3ccccc32)ccc1F.I. The zero-order valence-electron chi connectivity index (χ0n) is 15.6. The van der Waals surface area contributed by atoms with E-state index in [1.807, 2.05) is 49.3 Å². The molecule has 7 heteroatoms. The maximum atomic E-state index is 13.9. The van der Waals surface area contributed by atoms with Gasteiger partial charge in [0.2, 0.25) is 0 Å². The van der Waals surface area contributed by atoms with Crippen molar-refractivity contribution >= 4 is 29.9 Å². The number of hydrogen-bond donors (Lipinski definition) is 2. The predicted octanol–water partition coefficient (Wildman–Crippen LogP) is 3.43. The molecule has 0 amide bonds. The summed E-state index contributed by atoms with van der Waals surface area (Å²) in [6, 6.07) is 13.1. The van der Waals surface area contributed by atoms with Crippen LogP contribution in [0.4, 0.5) is 4.39 Å². The fraction of sp³-hybridized carbons (Fsp3) is 0.350. The van der Waals surface area contributed by atoms with E-state index in [2.05, 4.69) is 10.3 Å². The molecular formula is C20H26FIN4O. The van der Waals surface area contributed by atoms with Gasteiger partial charge in [0.15, 0.2) is 5.96 Å². The third-order valence-electron chi connectivity index (χ3n) is 4.31. The van der Waals surface area contributed by atoms with Crippen LogP contribution in [0, 0.1) is 5.82 Å². The summed E-state index contributed by atoms with van der Waals surface area (Å²) < 4.78 is 19.5. The molecule has 146 valence electrons.